The van der Waals surface area contributed by atoms with Gasteiger partial charge in [-0.3, -0.25) is 9.78 Å². The summed E-state index contributed by atoms with van der Waals surface area (Å²) >= 11 is 12.2. The zero-order valence-corrected chi connectivity index (χ0v) is 15.7. The van der Waals surface area contributed by atoms with Crippen molar-refractivity contribution < 1.29 is 4.79 Å². The first-order valence-corrected chi connectivity index (χ1v) is 8.81. The average molecular weight is 401 g/mol. The lowest BCUT2D eigenvalue weighted by Crippen LogP contribution is -2.31. The Balaban J connectivity index is 1.90. The van der Waals surface area contributed by atoms with E-state index in [4.69, 9.17) is 28.9 Å². The second-order valence-electron chi connectivity index (χ2n) is 6.05. The number of hydrogen-bond donors (Lipinski definition) is 2. The summed E-state index contributed by atoms with van der Waals surface area (Å²) in [5, 5.41) is 8.48. The van der Waals surface area contributed by atoms with Crippen molar-refractivity contribution in [3.05, 3.63) is 69.6 Å². The second kappa shape index (κ2) is 6.68. The molecule has 3 aromatic rings. The van der Waals surface area contributed by atoms with Crippen molar-refractivity contribution in [3.8, 4) is 11.4 Å². The molecule has 4 rings (SSSR count). The Bertz CT molecular complexity index is 1080. The second-order valence-corrected chi connectivity index (χ2v) is 6.86. The van der Waals surface area contributed by atoms with Crippen LogP contribution in [0, 0.1) is 0 Å². The van der Waals surface area contributed by atoms with Crippen LogP contribution in [0.15, 0.2) is 54.0 Å². The first-order valence-electron chi connectivity index (χ1n) is 8.05. The molecule has 0 bridgehead atoms. The number of fused-ring (bicyclic) bond motifs is 1. The van der Waals surface area contributed by atoms with Crippen molar-refractivity contribution in [3.63, 3.8) is 0 Å². The number of nitrogens with two attached hydrogens (primary N) is 1. The number of carbonyl (C=O) groups excluding carboxylic acids is 1. The highest BCUT2D eigenvalue weighted by Gasteiger charge is 2.33. The molecule has 3 heterocycles. The number of allylic oxidation sites excluding steroid dienone is 1. The van der Waals surface area contributed by atoms with E-state index < -0.39 is 11.9 Å². The average Bonchev–Trinajstić information content (AvgIpc) is 3.07. The van der Waals surface area contributed by atoms with Crippen LogP contribution in [0.25, 0.3) is 11.4 Å². The van der Waals surface area contributed by atoms with Gasteiger partial charge < -0.3 is 11.1 Å². The molecule has 1 aliphatic heterocycles. The summed E-state index contributed by atoms with van der Waals surface area (Å²) < 4.78 is 1.62. The van der Waals surface area contributed by atoms with Crippen LogP contribution in [0.4, 0.5) is 5.95 Å². The third-order valence-electron chi connectivity index (χ3n) is 4.30. The highest BCUT2D eigenvalue weighted by atomic mass is 35.5. The zero-order valence-electron chi connectivity index (χ0n) is 14.1. The molecule has 0 fully saturated rings. The van der Waals surface area contributed by atoms with E-state index in [0.29, 0.717) is 33.1 Å². The largest absolute Gasteiger partial charge is 0.366 e. The molecule has 1 amide bonds. The van der Waals surface area contributed by atoms with Gasteiger partial charge in [-0.25, -0.2) is 4.68 Å². The van der Waals surface area contributed by atoms with Crippen molar-refractivity contribution in [1.29, 1.82) is 0 Å². The molecule has 2 aromatic heterocycles. The zero-order chi connectivity index (χ0) is 19.1. The van der Waals surface area contributed by atoms with E-state index in [1.807, 2.05) is 6.07 Å². The predicted octanol–water partition coefficient (Wildman–Crippen LogP) is 3.42. The molecule has 0 aliphatic carbocycles. The van der Waals surface area contributed by atoms with E-state index in [0.717, 1.165) is 11.1 Å². The number of nitrogens with zero attached hydrogens (tertiary/aromatic N) is 4. The van der Waals surface area contributed by atoms with E-state index in [-0.39, 0.29) is 0 Å². The maximum atomic E-state index is 12.2. The molecule has 0 saturated heterocycles. The Morgan fingerprint density at radius 1 is 1.26 bits per heavy atom. The minimum Gasteiger partial charge on any atom is -0.366 e. The highest BCUT2D eigenvalue weighted by molar-refractivity contribution is 6.42. The van der Waals surface area contributed by atoms with Gasteiger partial charge in [0, 0.05) is 23.7 Å². The summed E-state index contributed by atoms with van der Waals surface area (Å²) in [5.41, 5.74) is 8.13. The van der Waals surface area contributed by atoms with Gasteiger partial charge in [0.05, 0.1) is 15.6 Å². The fourth-order valence-electron chi connectivity index (χ4n) is 3.08. The van der Waals surface area contributed by atoms with Crippen LogP contribution in [0.3, 0.4) is 0 Å². The van der Waals surface area contributed by atoms with Gasteiger partial charge in [-0.05, 0) is 36.8 Å². The molecule has 136 valence electrons. The van der Waals surface area contributed by atoms with Crippen molar-refractivity contribution >= 4 is 35.1 Å². The van der Waals surface area contributed by atoms with Crippen LogP contribution < -0.4 is 11.1 Å². The predicted molar refractivity (Wildman–Crippen MR) is 103 cm³/mol. The third-order valence-corrected chi connectivity index (χ3v) is 5.04. The van der Waals surface area contributed by atoms with Gasteiger partial charge in [0.25, 0.3) is 0 Å². The van der Waals surface area contributed by atoms with Gasteiger partial charge >= 0.3 is 0 Å². The number of nitrogens with one attached hydrogen (secondary N) is 1. The molecule has 1 aliphatic rings. The fourth-order valence-corrected chi connectivity index (χ4v) is 3.38. The number of carbonyl (C=O) groups is 1. The molecule has 7 nitrogen and oxygen atoms in total. The molecule has 27 heavy (non-hydrogen) atoms. The standard InChI is InChI=1S/C18H14Cl2N6O/c1-9-14(16(21)27)15(10-4-5-12(19)13(20)7-10)26-18(23-9)24-17(25-26)11-3-2-6-22-8-11/h2-8,15H,1H3,(H2,21,27)(H,23,24,25). The molecule has 1 unspecified atom stereocenters. The summed E-state index contributed by atoms with van der Waals surface area (Å²) in [7, 11) is 0. The van der Waals surface area contributed by atoms with E-state index in [2.05, 4.69) is 20.4 Å². The third kappa shape index (κ3) is 3.05. The fraction of sp³-hybridized carbons (Fsp3) is 0.111. The van der Waals surface area contributed by atoms with Crippen LogP contribution in [0.2, 0.25) is 10.0 Å². The van der Waals surface area contributed by atoms with Gasteiger partial charge in [-0.2, -0.15) is 4.98 Å². The van der Waals surface area contributed by atoms with E-state index in [1.165, 1.54) is 0 Å². The normalized spacial score (nSPS) is 16.0. The molecule has 1 atom stereocenters. The smallest absolute Gasteiger partial charge is 0.248 e. The Kier molecular flexibility index (Phi) is 4.33. The first-order chi connectivity index (χ1) is 13.0. The lowest BCUT2D eigenvalue weighted by Gasteiger charge is -2.27. The number of anilines is 1. The Labute approximate surface area is 164 Å². The van der Waals surface area contributed by atoms with Gasteiger partial charge in [-0.15, -0.1) is 5.10 Å². The molecule has 1 aromatic carbocycles. The number of pyridine rings is 1. The lowest BCUT2D eigenvalue weighted by atomic mass is 9.95. The number of hydrogen-bond acceptors (Lipinski definition) is 5. The summed E-state index contributed by atoms with van der Waals surface area (Å²) in [5.74, 6) is 0.418. The lowest BCUT2D eigenvalue weighted by molar-refractivity contribution is -0.115. The van der Waals surface area contributed by atoms with Gasteiger partial charge in [-0.1, -0.05) is 29.3 Å². The van der Waals surface area contributed by atoms with Crippen LogP contribution in [0.5, 0.6) is 0 Å². The molecule has 0 radical (unpaired) electrons. The van der Waals surface area contributed by atoms with Crippen molar-refractivity contribution in [2.24, 2.45) is 5.73 Å². The number of benzene rings is 1. The van der Waals surface area contributed by atoms with E-state index in [1.54, 1.807) is 48.3 Å². The van der Waals surface area contributed by atoms with Crippen LogP contribution in [-0.2, 0) is 4.79 Å². The quantitative estimate of drug-likeness (QED) is 0.701. The monoisotopic (exact) mass is 400 g/mol. The minimum atomic E-state index is -0.577. The van der Waals surface area contributed by atoms with Crippen molar-refractivity contribution in [1.82, 2.24) is 19.7 Å². The summed E-state index contributed by atoms with van der Waals surface area (Å²) in [4.78, 5) is 20.8. The van der Waals surface area contributed by atoms with Crippen LogP contribution in [0.1, 0.15) is 18.5 Å². The molecule has 3 N–H and O–H groups in total. The number of aromatic nitrogens is 4. The van der Waals surface area contributed by atoms with E-state index >= 15 is 0 Å². The Morgan fingerprint density at radius 2 is 2.07 bits per heavy atom. The van der Waals surface area contributed by atoms with Crippen LogP contribution >= 0.6 is 23.2 Å². The molecule has 0 spiro atoms. The van der Waals surface area contributed by atoms with Gasteiger partial charge in [0.15, 0.2) is 5.82 Å². The molecule has 9 heteroatoms. The number of rotatable bonds is 3. The van der Waals surface area contributed by atoms with Gasteiger partial charge in [0.2, 0.25) is 11.9 Å². The van der Waals surface area contributed by atoms with Crippen molar-refractivity contribution in [2.45, 2.75) is 13.0 Å². The Morgan fingerprint density at radius 3 is 2.74 bits per heavy atom. The maximum Gasteiger partial charge on any atom is 0.248 e. The molecular formula is C18H14Cl2N6O. The summed E-state index contributed by atoms with van der Waals surface area (Å²) in [6.07, 6.45) is 3.35. The minimum absolute atomic E-state index is 0.378. The summed E-state index contributed by atoms with van der Waals surface area (Å²) in [6, 6.07) is 8.25. The SMILES string of the molecule is CC1=C(C(N)=O)C(c2ccc(Cl)c(Cl)c2)n2nc(-c3cccnc3)nc2N1. The number of amides is 1. The topological polar surface area (TPSA) is 98.7 Å². The Hall–Kier alpha value is -2.90. The van der Waals surface area contributed by atoms with E-state index in [9.17, 15) is 4.79 Å². The number of halogens is 2. The highest BCUT2D eigenvalue weighted by Crippen LogP contribution is 2.37. The molecular weight excluding hydrogens is 387 g/mol. The van der Waals surface area contributed by atoms with Crippen LogP contribution in [-0.4, -0.2) is 25.7 Å². The summed E-state index contributed by atoms with van der Waals surface area (Å²) in [6.45, 7) is 1.77. The number of primary amides is 1. The van der Waals surface area contributed by atoms with Crippen molar-refractivity contribution in [2.75, 3.05) is 5.32 Å². The maximum absolute atomic E-state index is 12.2. The van der Waals surface area contributed by atoms with Gasteiger partial charge in [0.1, 0.15) is 6.04 Å². The first kappa shape index (κ1) is 17.5. The molecule has 0 saturated carbocycles.